The molecule has 0 bridgehead atoms. The summed E-state index contributed by atoms with van der Waals surface area (Å²) >= 11 is 6.26. The summed E-state index contributed by atoms with van der Waals surface area (Å²) in [5.74, 6) is -1.97. The Morgan fingerprint density at radius 1 is 1.15 bits per heavy atom. The molecular formula is C25H34ClN3O5. The molecule has 2 saturated heterocycles. The van der Waals surface area contributed by atoms with E-state index < -0.39 is 17.1 Å². The van der Waals surface area contributed by atoms with Gasteiger partial charge >= 0.3 is 0 Å². The average Bonchev–Trinajstić information content (AvgIpc) is 3.46. The molecule has 8 nitrogen and oxygen atoms in total. The Labute approximate surface area is 205 Å². The highest BCUT2D eigenvalue weighted by Crippen LogP contribution is 2.56. The Kier molecular flexibility index (Phi) is 6.70. The van der Waals surface area contributed by atoms with Gasteiger partial charge in [0.05, 0.1) is 24.5 Å². The van der Waals surface area contributed by atoms with E-state index in [9.17, 15) is 9.59 Å². The lowest BCUT2D eigenvalue weighted by Crippen LogP contribution is -2.60. The molecule has 4 aliphatic rings. The summed E-state index contributed by atoms with van der Waals surface area (Å²) in [6, 6.07) is 1.81. The maximum Gasteiger partial charge on any atom is 0.218 e. The van der Waals surface area contributed by atoms with Crippen LogP contribution in [0.4, 0.5) is 0 Å². The maximum atomic E-state index is 13.9. The molecule has 4 atom stereocenters. The summed E-state index contributed by atoms with van der Waals surface area (Å²) in [7, 11) is 2.08. The number of rotatable bonds is 5. The predicted octanol–water partition coefficient (Wildman–Crippen LogP) is 3.85. The van der Waals surface area contributed by atoms with Gasteiger partial charge in [-0.05, 0) is 59.0 Å². The molecule has 2 aliphatic carbocycles. The highest BCUT2D eigenvalue weighted by atomic mass is 35.5. The molecule has 2 spiro atoms. The quantitative estimate of drug-likeness (QED) is 0.348. The van der Waals surface area contributed by atoms with Crippen LogP contribution in [0.1, 0.15) is 75.3 Å². The van der Waals surface area contributed by atoms with Crippen LogP contribution in [0, 0.1) is 11.3 Å². The number of carbonyl (C=O) groups is 2. The first-order chi connectivity index (χ1) is 16.4. The highest BCUT2D eigenvalue weighted by Gasteiger charge is 2.63. The van der Waals surface area contributed by atoms with Crippen LogP contribution in [0.25, 0.3) is 0 Å². The number of Topliss-reactive ketones (excluding diaryl/α,β-unsaturated/α-hetero) is 2. The lowest BCUT2D eigenvalue weighted by molar-refractivity contribution is -0.255. The number of fused-ring (bicyclic) bond motifs is 1. The molecule has 1 aromatic heterocycles. The van der Waals surface area contributed by atoms with Crippen molar-refractivity contribution < 1.29 is 23.8 Å². The molecule has 1 unspecified atom stereocenters. The molecule has 0 N–H and O–H groups in total. The topological polar surface area (TPSA) is 90.8 Å². The van der Waals surface area contributed by atoms with E-state index in [1.54, 1.807) is 0 Å². The minimum absolute atomic E-state index is 0.0528. The predicted molar refractivity (Wildman–Crippen MR) is 125 cm³/mol. The number of aromatic nitrogens is 2. The molecular weight excluding hydrogens is 458 g/mol. The molecule has 0 radical (unpaired) electrons. The van der Waals surface area contributed by atoms with E-state index in [0.717, 1.165) is 38.6 Å². The van der Waals surface area contributed by atoms with Gasteiger partial charge in [-0.2, -0.15) is 4.98 Å². The smallest absolute Gasteiger partial charge is 0.218 e. The van der Waals surface area contributed by atoms with Gasteiger partial charge in [-0.25, -0.2) is 4.98 Å². The van der Waals surface area contributed by atoms with Crippen molar-refractivity contribution in [3.8, 4) is 5.88 Å². The van der Waals surface area contributed by atoms with E-state index in [1.165, 1.54) is 6.07 Å². The zero-order valence-electron chi connectivity index (χ0n) is 20.1. The Bertz CT molecular complexity index is 948. The number of hydrogen-bond donors (Lipinski definition) is 0. The molecule has 0 amide bonds. The minimum atomic E-state index is -0.895. The molecule has 186 valence electrons. The van der Waals surface area contributed by atoms with Crippen LogP contribution in [0.3, 0.4) is 0 Å². The van der Waals surface area contributed by atoms with Gasteiger partial charge in [0.15, 0.2) is 11.6 Å². The first kappa shape index (κ1) is 24.1. The van der Waals surface area contributed by atoms with Crippen molar-refractivity contribution in [1.29, 1.82) is 0 Å². The fourth-order valence-electron chi connectivity index (χ4n) is 6.68. The summed E-state index contributed by atoms with van der Waals surface area (Å²) in [5, 5.41) is 0.134. The van der Waals surface area contributed by atoms with Gasteiger partial charge < -0.3 is 14.2 Å². The number of ether oxygens (including phenoxy) is 3. The number of hydrogen-bond acceptors (Lipinski definition) is 8. The number of likely N-dealkylation sites (tertiary alicyclic amines) is 1. The van der Waals surface area contributed by atoms with Crippen LogP contribution < -0.4 is 4.74 Å². The monoisotopic (exact) mass is 491 g/mol. The summed E-state index contributed by atoms with van der Waals surface area (Å²) in [4.78, 5) is 38.4. The number of likely N-dealkylation sites (N-methyl/N-ethyl adjacent to an activating group) is 1. The second-order valence-electron chi connectivity index (χ2n) is 10.3. The SMILES string of the molecule is C[C@H](Oc1cc(Cl)nc(C(=O)C2CCC[C@@]3(CCCCC34OCCO4)C2=O)n1)[C@@H]1CCCN1C. The largest absolute Gasteiger partial charge is 0.473 e. The van der Waals surface area contributed by atoms with Crippen molar-refractivity contribution in [3.63, 3.8) is 0 Å². The third kappa shape index (κ3) is 4.06. The van der Waals surface area contributed by atoms with Gasteiger partial charge in [0, 0.05) is 18.5 Å². The zero-order chi connectivity index (χ0) is 23.9. The molecule has 2 saturated carbocycles. The van der Waals surface area contributed by atoms with Crippen molar-refractivity contribution in [1.82, 2.24) is 14.9 Å². The number of carbonyl (C=O) groups excluding carboxylic acids is 2. The van der Waals surface area contributed by atoms with Crippen molar-refractivity contribution >= 4 is 23.2 Å². The van der Waals surface area contributed by atoms with Gasteiger partial charge in [-0.3, -0.25) is 14.5 Å². The lowest BCUT2D eigenvalue weighted by Gasteiger charge is -2.51. The second kappa shape index (κ2) is 9.45. The van der Waals surface area contributed by atoms with Gasteiger partial charge in [0.1, 0.15) is 11.3 Å². The maximum absolute atomic E-state index is 13.9. The Morgan fingerprint density at radius 3 is 2.62 bits per heavy atom. The van der Waals surface area contributed by atoms with Crippen LogP contribution >= 0.6 is 11.6 Å². The number of halogens is 1. The average molecular weight is 492 g/mol. The number of nitrogens with zero attached hydrogens (tertiary/aromatic N) is 3. The summed E-state index contributed by atoms with van der Waals surface area (Å²) < 4.78 is 18.3. The minimum Gasteiger partial charge on any atom is -0.473 e. The van der Waals surface area contributed by atoms with E-state index in [4.69, 9.17) is 25.8 Å². The van der Waals surface area contributed by atoms with Crippen molar-refractivity contribution in [2.45, 2.75) is 82.6 Å². The standard InChI is InChI=1S/C25H34ClN3O5/c1-16(18-8-6-12-29(18)2)34-20-15-19(26)27-23(28-20)21(30)17-7-5-10-24(22(17)31)9-3-4-11-25(24)32-13-14-33-25/h15-18H,3-14H2,1-2H3/t16-,17?,18-,24-/m0/s1. The molecule has 0 aromatic carbocycles. The summed E-state index contributed by atoms with van der Waals surface area (Å²) in [6.45, 7) is 4.01. The van der Waals surface area contributed by atoms with Crippen molar-refractivity contribution in [2.75, 3.05) is 26.8 Å². The van der Waals surface area contributed by atoms with E-state index in [-0.39, 0.29) is 40.6 Å². The second-order valence-corrected chi connectivity index (χ2v) is 10.7. The Morgan fingerprint density at radius 2 is 1.88 bits per heavy atom. The highest BCUT2D eigenvalue weighted by molar-refractivity contribution is 6.29. The normalized spacial score (nSPS) is 32.4. The van der Waals surface area contributed by atoms with E-state index in [1.807, 2.05) is 6.92 Å². The van der Waals surface area contributed by atoms with E-state index >= 15 is 0 Å². The third-order valence-electron chi connectivity index (χ3n) is 8.36. The first-order valence-corrected chi connectivity index (χ1v) is 13.0. The van der Waals surface area contributed by atoms with Crippen LogP contribution in [-0.2, 0) is 14.3 Å². The van der Waals surface area contributed by atoms with Gasteiger partial charge in [0.25, 0.3) is 0 Å². The fraction of sp³-hybridized carbons (Fsp3) is 0.760. The molecule has 5 rings (SSSR count). The summed E-state index contributed by atoms with van der Waals surface area (Å²) in [6.07, 6.45) is 7.26. The Balaban J connectivity index is 1.38. The molecule has 1 aromatic rings. The first-order valence-electron chi connectivity index (χ1n) is 12.6. The van der Waals surface area contributed by atoms with Gasteiger partial charge in [0.2, 0.25) is 17.5 Å². The van der Waals surface area contributed by atoms with E-state index in [0.29, 0.717) is 38.9 Å². The fourth-order valence-corrected chi connectivity index (χ4v) is 6.86. The Hall–Kier alpha value is -1.61. The molecule has 9 heteroatoms. The van der Waals surface area contributed by atoms with Gasteiger partial charge in [-0.1, -0.05) is 24.4 Å². The zero-order valence-corrected chi connectivity index (χ0v) is 20.8. The van der Waals surface area contributed by atoms with Crippen LogP contribution in [0.2, 0.25) is 5.15 Å². The molecule has 3 heterocycles. The third-order valence-corrected chi connectivity index (χ3v) is 8.55. The van der Waals surface area contributed by atoms with Crippen LogP contribution in [0.5, 0.6) is 5.88 Å². The molecule has 4 fully saturated rings. The van der Waals surface area contributed by atoms with E-state index in [2.05, 4.69) is 21.9 Å². The van der Waals surface area contributed by atoms with Crippen molar-refractivity contribution in [2.24, 2.45) is 11.3 Å². The molecule has 34 heavy (non-hydrogen) atoms. The molecule has 2 aliphatic heterocycles. The van der Waals surface area contributed by atoms with Crippen LogP contribution in [-0.4, -0.2) is 71.2 Å². The van der Waals surface area contributed by atoms with Crippen molar-refractivity contribution in [3.05, 3.63) is 17.0 Å². The van der Waals surface area contributed by atoms with Crippen LogP contribution in [0.15, 0.2) is 6.07 Å². The lowest BCUT2D eigenvalue weighted by atomic mass is 9.57. The van der Waals surface area contributed by atoms with Gasteiger partial charge in [-0.15, -0.1) is 0 Å². The number of ketones is 2. The summed E-state index contributed by atoms with van der Waals surface area (Å²) in [5.41, 5.74) is -0.778.